The molecule has 49 heavy (non-hydrogen) atoms. The number of hydrogen-bond donors (Lipinski definition) is 4. The lowest BCUT2D eigenvalue weighted by atomic mass is 10.7. The molecule has 21 nitrogen and oxygen atoms in total. The zero-order valence-corrected chi connectivity index (χ0v) is 30.7. The first-order valence-corrected chi connectivity index (χ1v) is 20.5. The van der Waals surface area contributed by atoms with E-state index >= 15 is 0 Å². The van der Waals surface area contributed by atoms with Gasteiger partial charge < -0.3 is 71.5 Å². The SMILES string of the molecule is CP(=O)(O)OCCOCCOCCOCCOCCOCCOP(=O)(O)OCCOCCOCCOCCOCCOCCOP(=O)(O)O. The van der Waals surface area contributed by atoms with Crippen molar-refractivity contribution in [3.05, 3.63) is 0 Å². The van der Waals surface area contributed by atoms with Gasteiger partial charge >= 0.3 is 23.2 Å². The van der Waals surface area contributed by atoms with Crippen LogP contribution in [0.1, 0.15) is 0 Å². The molecule has 0 amide bonds. The zero-order chi connectivity index (χ0) is 36.4. The van der Waals surface area contributed by atoms with E-state index in [1.54, 1.807) is 0 Å². The minimum Gasteiger partial charge on any atom is -0.377 e. The fourth-order valence-corrected chi connectivity index (χ4v) is 4.32. The minimum atomic E-state index is -4.47. The van der Waals surface area contributed by atoms with Gasteiger partial charge in [-0.05, 0) is 0 Å². The maximum atomic E-state index is 11.9. The molecule has 0 spiro atoms. The van der Waals surface area contributed by atoms with Gasteiger partial charge in [0.2, 0.25) is 0 Å². The van der Waals surface area contributed by atoms with Crippen LogP contribution in [0.3, 0.4) is 0 Å². The second kappa shape index (κ2) is 33.8. The molecule has 0 bridgehead atoms. The summed E-state index contributed by atoms with van der Waals surface area (Å²) in [6.45, 7) is 6.33. The first kappa shape index (κ1) is 49.0. The molecule has 0 aromatic heterocycles. The molecule has 0 heterocycles. The zero-order valence-electron chi connectivity index (χ0n) is 28.0. The highest BCUT2D eigenvalue weighted by molar-refractivity contribution is 7.51. The molecule has 0 saturated carbocycles. The molecule has 4 N–H and O–H groups in total. The van der Waals surface area contributed by atoms with E-state index in [2.05, 4.69) is 9.05 Å². The van der Waals surface area contributed by atoms with Crippen molar-refractivity contribution in [3.8, 4) is 0 Å². The summed E-state index contributed by atoms with van der Waals surface area (Å²) >= 11 is 0. The van der Waals surface area contributed by atoms with Gasteiger partial charge in [-0.3, -0.25) is 18.1 Å². The number of phosphoric ester groups is 2. The Balaban J connectivity index is 3.29. The van der Waals surface area contributed by atoms with E-state index in [1.807, 2.05) is 0 Å². The van der Waals surface area contributed by atoms with Crippen LogP contribution in [0.2, 0.25) is 0 Å². The van der Waals surface area contributed by atoms with E-state index < -0.39 is 23.2 Å². The van der Waals surface area contributed by atoms with Gasteiger partial charge in [-0.15, -0.1) is 0 Å². The fourth-order valence-electron chi connectivity index (χ4n) is 2.90. The average molecular weight is 785 g/mol. The van der Waals surface area contributed by atoms with Gasteiger partial charge in [0.15, 0.2) is 0 Å². The van der Waals surface area contributed by atoms with Gasteiger partial charge in [0.05, 0.1) is 159 Å². The van der Waals surface area contributed by atoms with E-state index in [1.165, 1.54) is 0 Å². The Bertz CT molecular complexity index is 796. The van der Waals surface area contributed by atoms with Crippen molar-refractivity contribution in [1.29, 1.82) is 0 Å². The van der Waals surface area contributed by atoms with Gasteiger partial charge in [0, 0.05) is 6.66 Å². The van der Waals surface area contributed by atoms with Crippen molar-refractivity contribution in [2.24, 2.45) is 0 Å². The largest absolute Gasteiger partial charge is 0.472 e. The summed E-state index contributed by atoms with van der Waals surface area (Å²) in [5, 5.41) is 0. The molecule has 0 aromatic carbocycles. The second-order valence-corrected chi connectivity index (χ2v) is 13.8. The van der Waals surface area contributed by atoms with Crippen molar-refractivity contribution >= 4 is 23.2 Å². The quantitative estimate of drug-likeness (QED) is 0.0479. The van der Waals surface area contributed by atoms with E-state index in [-0.39, 0.29) is 72.7 Å². The summed E-state index contributed by atoms with van der Waals surface area (Å²) in [7, 11) is -12.2. The molecule has 0 saturated heterocycles. The van der Waals surface area contributed by atoms with E-state index in [9.17, 15) is 18.6 Å². The average Bonchev–Trinajstić information content (AvgIpc) is 3.02. The molecule has 296 valence electrons. The highest BCUT2D eigenvalue weighted by Crippen LogP contribution is 2.42. The summed E-state index contributed by atoms with van der Waals surface area (Å²) in [5.41, 5.74) is 0. The van der Waals surface area contributed by atoms with Crippen molar-refractivity contribution in [3.63, 3.8) is 0 Å². The van der Waals surface area contributed by atoms with E-state index in [4.69, 9.17) is 71.1 Å². The predicted molar refractivity (Wildman–Crippen MR) is 170 cm³/mol. The number of phosphoric acid groups is 2. The molecular formula is C25H55O21P3. The van der Waals surface area contributed by atoms with Crippen LogP contribution in [0, 0.1) is 0 Å². The van der Waals surface area contributed by atoms with Gasteiger partial charge in [-0.1, -0.05) is 0 Å². The molecule has 0 aliphatic carbocycles. The minimum absolute atomic E-state index is 0.0387. The van der Waals surface area contributed by atoms with Crippen LogP contribution in [0.25, 0.3) is 0 Å². The molecule has 2 unspecified atom stereocenters. The molecule has 0 aliphatic heterocycles. The summed E-state index contributed by atoms with van der Waals surface area (Å²) in [5.74, 6) is 0. The maximum absolute atomic E-state index is 11.9. The Hall–Kier alpha value is -0.0300. The second-order valence-electron chi connectivity index (χ2n) is 9.22. The summed E-state index contributed by atoms with van der Waals surface area (Å²) < 4.78 is 105. The van der Waals surface area contributed by atoms with Gasteiger partial charge in [-0.25, -0.2) is 9.13 Å². The topological polar surface area (TPSA) is 261 Å². The van der Waals surface area contributed by atoms with Crippen LogP contribution in [-0.4, -0.2) is 185 Å². The lowest BCUT2D eigenvalue weighted by Crippen LogP contribution is -2.14. The summed E-state index contributed by atoms with van der Waals surface area (Å²) in [4.78, 5) is 35.6. The third-order valence-corrected chi connectivity index (χ3v) is 7.18. The molecule has 0 fully saturated rings. The molecule has 0 radical (unpaired) electrons. The maximum Gasteiger partial charge on any atom is 0.472 e. The van der Waals surface area contributed by atoms with Crippen LogP contribution in [0.15, 0.2) is 0 Å². The standard InChI is InChI=1S/C25H55O21P3/c1-47(26,27)43-22-18-39-14-10-35-6-2-33-4-8-37-12-16-41-20-24-45-49(31,32)46-25-21-42-17-13-38-9-5-34-3-7-36-11-15-40-19-23-44-48(28,29)30/h2-25H2,1H3,(H,26,27)(H,31,32)(H2,28,29,30). The van der Waals surface area contributed by atoms with E-state index in [0.717, 1.165) is 6.66 Å². The van der Waals surface area contributed by atoms with Crippen molar-refractivity contribution in [2.75, 3.05) is 165 Å². The van der Waals surface area contributed by atoms with Crippen LogP contribution in [0.5, 0.6) is 0 Å². The number of hydrogen-bond acceptors (Lipinski definition) is 17. The van der Waals surface area contributed by atoms with Crippen LogP contribution >= 0.6 is 23.2 Å². The number of ether oxygens (including phenoxy) is 10. The first-order valence-electron chi connectivity index (χ1n) is 15.5. The van der Waals surface area contributed by atoms with Crippen molar-refractivity contribution in [2.45, 2.75) is 0 Å². The first-order chi connectivity index (χ1) is 23.4. The van der Waals surface area contributed by atoms with Crippen molar-refractivity contribution < 1.29 is 98.7 Å². The Morgan fingerprint density at radius 2 is 0.490 bits per heavy atom. The smallest absolute Gasteiger partial charge is 0.377 e. The van der Waals surface area contributed by atoms with E-state index in [0.29, 0.717) is 85.9 Å². The summed E-state index contributed by atoms with van der Waals surface area (Å²) in [6, 6.07) is 0. The van der Waals surface area contributed by atoms with Gasteiger partial charge in [0.25, 0.3) is 0 Å². The van der Waals surface area contributed by atoms with Crippen molar-refractivity contribution in [1.82, 2.24) is 0 Å². The summed E-state index contributed by atoms with van der Waals surface area (Å²) in [6.07, 6.45) is 0. The molecule has 0 aromatic rings. The normalized spacial score (nSPS) is 14.6. The molecule has 24 heteroatoms. The lowest BCUT2D eigenvalue weighted by molar-refractivity contribution is -0.0168. The molecule has 0 rings (SSSR count). The highest BCUT2D eigenvalue weighted by Gasteiger charge is 2.20. The molecule has 2 atom stereocenters. The molecule has 0 aliphatic rings. The highest BCUT2D eigenvalue weighted by atomic mass is 31.2. The van der Waals surface area contributed by atoms with Crippen LogP contribution in [0.4, 0.5) is 0 Å². The van der Waals surface area contributed by atoms with Gasteiger partial charge in [-0.2, -0.15) is 0 Å². The monoisotopic (exact) mass is 784 g/mol. The Labute approximate surface area is 287 Å². The lowest BCUT2D eigenvalue weighted by Gasteiger charge is -2.12. The Morgan fingerprint density at radius 3 is 0.694 bits per heavy atom. The van der Waals surface area contributed by atoms with Crippen LogP contribution in [-0.2, 0) is 79.2 Å². The molecular weight excluding hydrogens is 729 g/mol. The third-order valence-electron chi connectivity index (χ3n) is 4.99. The predicted octanol–water partition coefficient (Wildman–Crippen LogP) is 0.227. The Morgan fingerprint density at radius 1 is 0.306 bits per heavy atom. The third kappa shape index (κ3) is 44.1. The Kier molecular flexibility index (Phi) is 33.8. The van der Waals surface area contributed by atoms with Gasteiger partial charge in [0.1, 0.15) is 0 Å². The number of rotatable bonds is 40. The fraction of sp³-hybridized carbons (Fsp3) is 1.00. The van der Waals surface area contributed by atoms with Crippen LogP contribution < -0.4 is 0 Å².